The third kappa shape index (κ3) is 5.73. The van der Waals surface area contributed by atoms with E-state index >= 15 is 0 Å². The topological polar surface area (TPSA) is 83.3 Å². The van der Waals surface area contributed by atoms with Gasteiger partial charge in [-0.05, 0) is 44.2 Å². The lowest BCUT2D eigenvalue weighted by Gasteiger charge is -2.18. The van der Waals surface area contributed by atoms with Crippen LogP contribution >= 0.6 is 0 Å². The number of ether oxygens (including phenoxy) is 2. The molecule has 0 aliphatic carbocycles. The predicted molar refractivity (Wildman–Crippen MR) is 127 cm³/mol. The van der Waals surface area contributed by atoms with Crippen LogP contribution in [0.3, 0.4) is 0 Å². The van der Waals surface area contributed by atoms with Gasteiger partial charge < -0.3 is 9.47 Å². The van der Waals surface area contributed by atoms with Crippen LogP contribution in [0.2, 0.25) is 0 Å². The molecule has 0 aliphatic heterocycles. The summed E-state index contributed by atoms with van der Waals surface area (Å²) in [5.41, 5.74) is 2.19. The molecule has 0 bridgehead atoms. The molecule has 0 spiro atoms. The van der Waals surface area contributed by atoms with E-state index in [-0.39, 0.29) is 16.7 Å². The number of halogens is 3. The van der Waals surface area contributed by atoms with Gasteiger partial charge in [0.15, 0.2) is 12.8 Å². The van der Waals surface area contributed by atoms with Gasteiger partial charge in [0.1, 0.15) is 5.75 Å². The Bertz CT molecular complexity index is 1410. The van der Waals surface area contributed by atoms with Crippen molar-refractivity contribution in [3.63, 3.8) is 0 Å². The smallest absolute Gasteiger partial charge is 0.422 e. The molecule has 188 valence electrons. The second kappa shape index (κ2) is 10.5. The summed E-state index contributed by atoms with van der Waals surface area (Å²) in [6.45, 7) is 1.75. The number of carbonyl (C=O) groups excluding carboxylic acids is 1. The summed E-state index contributed by atoms with van der Waals surface area (Å²) in [6.07, 6.45) is -4.03. The average molecular weight is 518 g/mol. The second-order valence-electron chi connectivity index (χ2n) is 7.90. The van der Waals surface area contributed by atoms with Crippen molar-refractivity contribution in [3.8, 4) is 5.75 Å². The van der Waals surface area contributed by atoms with Crippen molar-refractivity contribution in [2.75, 3.05) is 6.61 Å². The first-order valence-electron chi connectivity index (χ1n) is 10.9. The molecule has 2 atom stereocenters. The van der Waals surface area contributed by atoms with Crippen LogP contribution in [0.15, 0.2) is 72.0 Å². The van der Waals surface area contributed by atoms with Crippen molar-refractivity contribution in [3.05, 3.63) is 83.7 Å². The Hall–Kier alpha value is -3.73. The van der Waals surface area contributed by atoms with Gasteiger partial charge in [-0.25, -0.2) is 9.78 Å². The third-order valence-corrected chi connectivity index (χ3v) is 6.57. The maximum atomic E-state index is 13.5. The number of aromatic nitrogens is 3. The summed E-state index contributed by atoms with van der Waals surface area (Å²) in [4.78, 5) is 21.3. The summed E-state index contributed by atoms with van der Waals surface area (Å²) < 4.78 is 63.3. The molecule has 0 N–H and O–H groups in total. The highest BCUT2D eigenvalue weighted by Gasteiger charge is 2.29. The fourth-order valence-corrected chi connectivity index (χ4v) is 4.93. The van der Waals surface area contributed by atoms with Crippen LogP contribution in [0, 0.1) is 6.92 Å². The number of alkyl halides is 3. The zero-order chi connectivity index (χ0) is 25.9. The van der Waals surface area contributed by atoms with E-state index in [0.717, 1.165) is 0 Å². The summed E-state index contributed by atoms with van der Waals surface area (Å²) >= 11 is 0. The van der Waals surface area contributed by atoms with Crippen molar-refractivity contribution in [1.82, 2.24) is 14.5 Å². The monoisotopic (exact) mass is 517 g/mol. The summed E-state index contributed by atoms with van der Waals surface area (Å²) in [6, 6.07) is 16.9. The zero-order valence-electron chi connectivity index (χ0n) is 19.4. The summed E-state index contributed by atoms with van der Waals surface area (Å²) in [5, 5.41) is 0.146. The first-order valence-corrected chi connectivity index (χ1v) is 12.2. The number of hydrogen-bond donors (Lipinski definition) is 0. The molecule has 0 fully saturated rings. The molecular weight excluding hydrogens is 495 g/mol. The third-order valence-electron chi connectivity index (χ3n) is 5.34. The van der Waals surface area contributed by atoms with E-state index in [1.165, 1.54) is 12.3 Å². The molecule has 2 heterocycles. The molecular formula is C25H22F3N3O4S. The number of nitrogens with zero attached hydrogens (tertiary/aromatic N) is 3. The first-order chi connectivity index (χ1) is 17.1. The van der Waals surface area contributed by atoms with Crippen LogP contribution in [0.4, 0.5) is 13.2 Å². The van der Waals surface area contributed by atoms with E-state index in [9.17, 15) is 22.2 Å². The van der Waals surface area contributed by atoms with Gasteiger partial charge in [0.25, 0.3) is 0 Å². The largest absolute Gasteiger partial charge is 0.484 e. The molecule has 0 saturated heterocycles. The number of hydrogen-bond acceptors (Lipinski definition) is 6. The van der Waals surface area contributed by atoms with E-state index in [4.69, 9.17) is 9.47 Å². The highest BCUT2D eigenvalue weighted by Crippen LogP contribution is 2.28. The lowest BCUT2D eigenvalue weighted by molar-refractivity contribution is -0.153. The number of pyridine rings is 1. The highest BCUT2D eigenvalue weighted by atomic mass is 32.2. The Morgan fingerprint density at radius 3 is 2.50 bits per heavy atom. The van der Waals surface area contributed by atoms with E-state index in [1.54, 1.807) is 73.0 Å². The highest BCUT2D eigenvalue weighted by molar-refractivity contribution is 7.84. The van der Waals surface area contributed by atoms with Crippen LogP contribution in [-0.4, -0.2) is 37.5 Å². The number of carbonyl (C=O) groups is 1. The van der Waals surface area contributed by atoms with Crippen molar-refractivity contribution >= 4 is 27.8 Å². The van der Waals surface area contributed by atoms with Crippen molar-refractivity contribution in [2.45, 2.75) is 37.2 Å². The maximum absolute atomic E-state index is 13.5. The Labute approximate surface area is 207 Å². The van der Waals surface area contributed by atoms with Crippen molar-refractivity contribution in [1.29, 1.82) is 0 Å². The van der Waals surface area contributed by atoms with Crippen LogP contribution in [-0.2, 0) is 21.3 Å². The van der Waals surface area contributed by atoms with E-state index in [0.29, 0.717) is 27.9 Å². The number of esters is 1. The first kappa shape index (κ1) is 25.4. The Balaban J connectivity index is 1.63. The maximum Gasteiger partial charge on any atom is 0.422 e. The van der Waals surface area contributed by atoms with E-state index in [2.05, 4.69) is 9.97 Å². The van der Waals surface area contributed by atoms with E-state index in [1.807, 2.05) is 0 Å². The van der Waals surface area contributed by atoms with Crippen LogP contribution in [0.5, 0.6) is 5.75 Å². The molecule has 0 saturated carbocycles. The van der Waals surface area contributed by atoms with Crippen LogP contribution < -0.4 is 4.74 Å². The molecule has 11 heteroatoms. The Morgan fingerprint density at radius 2 is 1.78 bits per heavy atom. The van der Waals surface area contributed by atoms with Crippen molar-refractivity contribution < 1.29 is 31.6 Å². The molecule has 7 nitrogen and oxygen atoms in total. The predicted octanol–water partition coefficient (Wildman–Crippen LogP) is 5.36. The van der Waals surface area contributed by atoms with Gasteiger partial charge in [0, 0.05) is 11.8 Å². The Kier molecular flexibility index (Phi) is 7.39. The lowest BCUT2D eigenvalue weighted by Crippen LogP contribution is -2.20. The number of para-hydroxylation sites is 2. The van der Waals surface area contributed by atoms with Gasteiger partial charge >= 0.3 is 12.1 Å². The molecule has 36 heavy (non-hydrogen) atoms. The van der Waals surface area contributed by atoms with Gasteiger partial charge in [-0.1, -0.05) is 30.3 Å². The quantitative estimate of drug-likeness (QED) is 0.293. The molecule has 0 radical (unpaired) electrons. The molecule has 2 aromatic carbocycles. The molecule has 2 unspecified atom stereocenters. The Morgan fingerprint density at radius 1 is 1.08 bits per heavy atom. The molecule has 2 aromatic heterocycles. The standard InChI is InChI=1S/C25H22F3N3O4S/c1-16-20(29-13-12-22(16)34-15-25(26,27)28)14-36(33)24-30-19-10-6-7-11-21(19)31(24)17(2)35-23(32)18-8-4-3-5-9-18/h3-13,17H,14-15H2,1-2H3. The number of benzene rings is 2. The normalized spacial score (nSPS) is 13.4. The van der Waals surface area contributed by atoms with Crippen LogP contribution in [0.25, 0.3) is 11.0 Å². The molecule has 0 aliphatic rings. The molecule has 4 aromatic rings. The fourth-order valence-electron chi connectivity index (χ4n) is 3.59. The average Bonchev–Trinajstić information content (AvgIpc) is 3.24. The minimum Gasteiger partial charge on any atom is -0.484 e. The summed E-state index contributed by atoms with van der Waals surface area (Å²) in [7, 11) is -1.78. The van der Waals surface area contributed by atoms with Gasteiger partial charge in [0.2, 0.25) is 5.16 Å². The van der Waals surface area contributed by atoms with Gasteiger partial charge in [0.05, 0.1) is 38.8 Å². The second-order valence-corrected chi connectivity index (χ2v) is 9.24. The zero-order valence-corrected chi connectivity index (χ0v) is 20.2. The molecule has 0 amide bonds. The minimum atomic E-state index is -4.49. The van der Waals surface area contributed by atoms with E-state index < -0.39 is 35.8 Å². The van der Waals surface area contributed by atoms with Gasteiger partial charge in [-0.2, -0.15) is 13.2 Å². The summed E-state index contributed by atoms with van der Waals surface area (Å²) in [5.74, 6) is -0.671. The lowest BCUT2D eigenvalue weighted by atomic mass is 10.2. The fraction of sp³-hybridized carbons (Fsp3) is 0.240. The number of imidazole rings is 1. The number of fused-ring (bicyclic) bond motifs is 1. The molecule has 4 rings (SSSR count). The van der Waals surface area contributed by atoms with Crippen molar-refractivity contribution in [2.24, 2.45) is 0 Å². The SMILES string of the molecule is Cc1c(OCC(F)(F)F)ccnc1CS(=O)c1nc2ccccc2n1C(C)OC(=O)c1ccccc1. The van der Waals surface area contributed by atoms with Crippen LogP contribution in [0.1, 0.15) is 34.8 Å². The number of rotatable bonds is 8. The van der Waals surface area contributed by atoms with Gasteiger partial charge in [-0.15, -0.1) is 0 Å². The minimum absolute atomic E-state index is 0.00740. The van der Waals surface area contributed by atoms with Gasteiger partial charge in [-0.3, -0.25) is 13.8 Å².